The van der Waals surface area contributed by atoms with Crippen molar-refractivity contribution in [1.29, 1.82) is 0 Å². The van der Waals surface area contributed by atoms with Gasteiger partial charge in [-0.15, -0.1) is 0 Å². The fourth-order valence-corrected chi connectivity index (χ4v) is 3.09. The van der Waals surface area contributed by atoms with Gasteiger partial charge in [0.25, 0.3) is 5.91 Å². The first-order chi connectivity index (χ1) is 14.2. The molecule has 3 rings (SSSR count). The Morgan fingerprint density at radius 1 is 1.07 bits per heavy atom. The van der Waals surface area contributed by atoms with Crippen LogP contribution >= 0.6 is 0 Å². The zero-order chi connectivity index (χ0) is 21.7. The molecule has 0 saturated carbocycles. The van der Waals surface area contributed by atoms with E-state index >= 15 is 0 Å². The normalized spacial score (nSPS) is 16.3. The maximum Gasteiger partial charge on any atom is 0.418 e. The molecule has 0 bridgehead atoms. The van der Waals surface area contributed by atoms with Crippen LogP contribution in [-0.4, -0.2) is 24.5 Å². The van der Waals surface area contributed by atoms with E-state index in [1.807, 2.05) is 0 Å². The lowest BCUT2D eigenvalue weighted by molar-refractivity contribution is -0.137. The van der Waals surface area contributed by atoms with E-state index in [0.717, 1.165) is 18.6 Å². The Bertz CT molecular complexity index is 907. The molecule has 1 aliphatic heterocycles. The second-order valence-corrected chi connectivity index (χ2v) is 6.92. The number of aryl methyl sites for hydroxylation is 1. The minimum atomic E-state index is -4.73. The zero-order valence-electron chi connectivity index (χ0n) is 15.9. The summed E-state index contributed by atoms with van der Waals surface area (Å²) >= 11 is 0. The minimum absolute atomic E-state index is 0.0351. The molecule has 2 aromatic carbocycles. The topological polar surface area (TPSA) is 67.4 Å². The molecule has 0 aromatic heterocycles. The van der Waals surface area contributed by atoms with Crippen molar-refractivity contribution < 1.29 is 31.9 Å². The van der Waals surface area contributed by atoms with Gasteiger partial charge >= 0.3 is 6.18 Å². The second-order valence-electron chi connectivity index (χ2n) is 6.92. The van der Waals surface area contributed by atoms with Crippen LogP contribution in [0.3, 0.4) is 0 Å². The van der Waals surface area contributed by atoms with Gasteiger partial charge in [-0.25, -0.2) is 4.39 Å². The fraction of sp³-hybridized carbons (Fsp3) is 0.333. The highest BCUT2D eigenvalue weighted by molar-refractivity contribution is 5.96. The highest BCUT2D eigenvalue weighted by Crippen LogP contribution is 2.37. The Kier molecular flexibility index (Phi) is 6.71. The lowest BCUT2D eigenvalue weighted by Gasteiger charge is -2.17. The van der Waals surface area contributed by atoms with Gasteiger partial charge in [0.2, 0.25) is 5.91 Å². The Morgan fingerprint density at radius 2 is 1.80 bits per heavy atom. The third-order valence-electron chi connectivity index (χ3n) is 4.64. The first-order valence-corrected chi connectivity index (χ1v) is 9.40. The standard InChI is InChI=1S/C21H20F4N2O3/c22-14-6-3-13(4-7-14)5-10-19(28)27-17-9-8-15(12-16(17)21(23,24)25)26-20(29)18-2-1-11-30-18/h3-4,6-9,12,18H,1-2,5,10-11H2,(H,26,29)(H,27,28). The Balaban J connectivity index is 1.67. The number of carbonyl (C=O) groups excluding carboxylic acids is 2. The lowest BCUT2D eigenvalue weighted by Crippen LogP contribution is -2.27. The third-order valence-corrected chi connectivity index (χ3v) is 4.64. The summed E-state index contributed by atoms with van der Waals surface area (Å²) in [6.07, 6.45) is -3.99. The summed E-state index contributed by atoms with van der Waals surface area (Å²) in [5.41, 5.74) is -0.814. The summed E-state index contributed by atoms with van der Waals surface area (Å²) in [5, 5.41) is 4.68. The van der Waals surface area contributed by atoms with Crippen molar-refractivity contribution in [2.24, 2.45) is 0 Å². The number of nitrogens with one attached hydrogen (secondary N) is 2. The number of alkyl halides is 3. The zero-order valence-corrected chi connectivity index (χ0v) is 15.9. The maximum absolute atomic E-state index is 13.5. The quantitative estimate of drug-likeness (QED) is 0.670. The molecule has 2 N–H and O–H groups in total. The summed E-state index contributed by atoms with van der Waals surface area (Å²) in [5.74, 6) is -1.53. The molecule has 1 unspecified atom stereocenters. The number of ether oxygens (including phenoxy) is 1. The van der Waals surface area contributed by atoms with E-state index in [1.54, 1.807) is 0 Å². The van der Waals surface area contributed by atoms with Crippen LogP contribution in [0.15, 0.2) is 42.5 Å². The van der Waals surface area contributed by atoms with Crippen molar-refractivity contribution in [3.8, 4) is 0 Å². The fourth-order valence-electron chi connectivity index (χ4n) is 3.09. The molecular formula is C21H20F4N2O3. The first-order valence-electron chi connectivity index (χ1n) is 9.40. The van der Waals surface area contributed by atoms with Crippen molar-refractivity contribution in [2.45, 2.75) is 38.0 Å². The van der Waals surface area contributed by atoms with Crippen LogP contribution in [0.4, 0.5) is 28.9 Å². The highest BCUT2D eigenvalue weighted by atomic mass is 19.4. The maximum atomic E-state index is 13.5. The molecule has 1 saturated heterocycles. The number of rotatable bonds is 6. The molecule has 2 aromatic rings. The van der Waals surface area contributed by atoms with Crippen LogP contribution in [0.2, 0.25) is 0 Å². The molecule has 1 heterocycles. The molecule has 1 aliphatic rings. The highest BCUT2D eigenvalue weighted by Gasteiger charge is 2.34. The van der Waals surface area contributed by atoms with E-state index in [2.05, 4.69) is 10.6 Å². The van der Waals surface area contributed by atoms with Gasteiger partial charge in [-0.1, -0.05) is 12.1 Å². The van der Waals surface area contributed by atoms with Gasteiger partial charge in [0.05, 0.1) is 11.3 Å². The summed E-state index contributed by atoms with van der Waals surface area (Å²) in [6, 6.07) is 8.69. The minimum Gasteiger partial charge on any atom is -0.368 e. The summed E-state index contributed by atoms with van der Waals surface area (Å²) in [4.78, 5) is 24.2. The van der Waals surface area contributed by atoms with Crippen molar-refractivity contribution in [1.82, 2.24) is 0 Å². The van der Waals surface area contributed by atoms with Crippen LogP contribution in [0, 0.1) is 5.82 Å². The number of carbonyl (C=O) groups is 2. The van der Waals surface area contributed by atoms with Crippen LogP contribution in [0.1, 0.15) is 30.4 Å². The van der Waals surface area contributed by atoms with Crippen molar-refractivity contribution in [3.05, 3.63) is 59.4 Å². The number of benzene rings is 2. The summed E-state index contributed by atoms with van der Waals surface area (Å²) < 4.78 is 58.6. The van der Waals surface area contributed by atoms with E-state index in [-0.39, 0.29) is 18.5 Å². The molecule has 0 radical (unpaired) electrons. The van der Waals surface area contributed by atoms with Crippen LogP contribution in [0.5, 0.6) is 0 Å². The van der Waals surface area contributed by atoms with Gasteiger partial charge in [0, 0.05) is 18.7 Å². The number of halogens is 4. The van der Waals surface area contributed by atoms with E-state index in [4.69, 9.17) is 4.74 Å². The molecule has 9 heteroatoms. The molecule has 1 fully saturated rings. The largest absolute Gasteiger partial charge is 0.418 e. The second kappa shape index (κ2) is 9.25. The number of hydrogen-bond acceptors (Lipinski definition) is 3. The van der Waals surface area contributed by atoms with E-state index < -0.39 is 41.2 Å². The molecule has 30 heavy (non-hydrogen) atoms. The van der Waals surface area contributed by atoms with E-state index in [9.17, 15) is 27.2 Å². The summed E-state index contributed by atoms with van der Waals surface area (Å²) in [7, 11) is 0. The van der Waals surface area contributed by atoms with Gasteiger partial charge < -0.3 is 15.4 Å². The lowest BCUT2D eigenvalue weighted by atomic mass is 10.1. The van der Waals surface area contributed by atoms with Gasteiger partial charge in [-0.05, 0) is 55.2 Å². The molecule has 1 atom stereocenters. The summed E-state index contributed by atoms with van der Waals surface area (Å²) in [6.45, 7) is 0.439. The Hall–Kier alpha value is -2.94. The van der Waals surface area contributed by atoms with Gasteiger partial charge in [-0.2, -0.15) is 13.2 Å². The number of anilines is 2. The van der Waals surface area contributed by atoms with Gasteiger partial charge in [0.1, 0.15) is 11.9 Å². The first kappa shape index (κ1) is 21.8. The predicted octanol–water partition coefficient (Wildman–Crippen LogP) is 4.53. The smallest absolute Gasteiger partial charge is 0.368 e. The molecule has 160 valence electrons. The monoisotopic (exact) mass is 424 g/mol. The van der Waals surface area contributed by atoms with Crippen LogP contribution < -0.4 is 10.6 Å². The average Bonchev–Trinajstić information content (AvgIpc) is 3.23. The molecule has 0 aliphatic carbocycles. The van der Waals surface area contributed by atoms with Gasteiger partial charge in [0.15, 0.2) is 0 Å². The van der Waals surface area contributed by atoms with Crippen LogP contribution in [0.25, 0.3) is 0 Å². The average molecular weight is 424 g/mol. The SMILES string of the molecule is O=C(CCc1ccc(F)cc1)Nc1ccc(NC(=O)C2CCCO2)cc1C(F)(F)F. The molecular weight excluding hydrogens is 404 g/mol. The third kappa shape index (κ3) is 5.79. The van der Waals surface area contributed by atoms with Crippen molar-refractivity contribution in [2.75, 3.05) is 17.2 Å². The van der Waals surface area contributed by atoms with Gasteiger partial charge in [-0.3, -0.25) is 9.59 Å². The van der Waals surface area contributed by atoms with Crippen LogP contribution in [-0.2, 0) is 26.9 Å². The number of amides is 2. The van der Waals surface area contributed by atoms with E-state index in [1.165, 1.54) is 30.3 Å². The molecule has 2 amide bonds. The Morgan fingerprint density at radius 3 is 2.43 bits per heavy atom. The molecule has 0 spiro atoms. The van der Waals surface area contributed by atoms with Crippen molar-refractivity contribution >= 4 is 23.2 Å². The number of hydrogen-bond donors (Lipinski definition) is 2. The predicted molar refractivity (Wildman–Crippen MR) is 102 cm³/mol. The van der Waals surface area contributed by atoms with Crippen molar-refractivity contribution in [3.63, 3.8) is 0 Å². The Labute approximate surface area is 170 Å². The molecule has 5 nitrogen and oxygen atoms in total. The van der Waals surface area contributed by atoms with E-state index in [0.29, 0.717) is 18.6 Å².